The first-order chi connectivity index (χ1) is 9.75. The molecule has 0 aliphatic heterocycles. The van der Waals surface area contributed by atoms with Crippen molar-refractivity contribution in [2.45, 2.75) is 0 Å². The Morgan fingerprint density at radius 3 is 1.86 bits per heavy atom. The summed E-state index contributed by atoms with van der Waals surface area (Å²) in [5, 5.41) is 7.41. The number of aromatic nitrogens is 2. The van der Waals surface area contributed by atoms with Gasteiger partial charge < -0.3 is 5.32 Å². The third-order valence-electron chi connectivity index (χ3n) is 2.33. The van der Waals surface area contributed by atoms with Gasteiger partial charge in [-0.1, -0.05) is 0 Å². The molecular formula is C10H2Br2F5N3O. The predicted molar refractivity (Wildman–Crippen MR) is 68.2 cm³/mol. The Hall–Kier alpha value is -1.49. The maximum atomic E-state index is 13.4. The molecule has 112 valence electrons. The standard InChI is InChI=1S/C10H2Br2F5N3O/c11-1-7(19-20-9(1)12)10(21)18-8-5(16)3(14)2(13)4(15)6(8)17/h(H,18,21)(H,19,20). The molecule has 0 bridgehead atoms. The highest BCUT2D eigenvalue weighted by molar-refractivity contribution is 9.13. The Morgan fingerprint density at radius 1 is 0.952 bits per heavy atom. The molecule has 0 spiro atoms. The number of benzene rings is 1. The van der Waals surface area contributed by atoms with Crippen LogP contribution in [0, 0.1) is 29.1 Å². The van der Waals surface area contributed by atoms with E-state index in [4.69, 9.17) is 0 Å². The second-order valence-corrected chi connectivity index (χ2v) is 5.19. The minimum atomic E-state index is -2.31. The molecule has 0 unspecified atom stereocenters. The highest BCUT2D eigenvalue weighted by Gasteiger charge is 2.28. The van der Waals surface area contributed by atoms with Gasteiger partial charge in [0, 0.05) is 0 Å². The number of carbonyl (C=O) groups excluding carboxylic acids is 1. The van der Waals surface area contributed by atoms with Crippen LogP contribution in [0.15, 0.2) is 9.08 Å². The molecular weight excluding hydrogens is 433 g/mol. The lowest BCUT2D eigenvalue weighted by Crippen LogP contribution is -2.17. The van der Waals surface area contributed by atoms with Gasteiger partial charge >= 0.3 is 0 Å². The topological polar surface area (TPSA) is 57.8 Å². The minimum Gasteiger partial charge on any atom is -0.315 e. The van der Waals surface area contributed by atoms with E-state index in [-0.39, 0.29) is 14.8 Å². The summed E-state index contributed by atoms with van der Waals surface area (Å²) in [4.78, 5) is 11.7. The van der Waals surface area contributed by atoms with Gasteiger partial charge in [-0.25, -0.2) is 22.0 Å². The molecule has 0 radical (unpaired) electrons. The number of hydrogen-bond acceptors (Lipinski definition) is 2. The van der Waals surface area contributed by atoms with Crippen molar-refractivity contribution in [1.29, 1.82) is 0 Å². The summed E-state index contributed by atoms with van der Waals surface area (Å²) in [5.41, 5.74) is -1.80. The van der Waals surface area contributed by atoms with Crippen LogP contribution in [-0.2, 0) is 0 Å². The van der Waals surface area contributed by atoms with Gasteiger partial charge in [-0.3, -0.25) is 9.89 Å². The van der Waals surface area contributed by atoms with Gasteiger partial charge in [0.2, 0.25) is 5.82 Å². The summed E-state index contributed by atoms with van der Waals surface area (Å²) in [6.45, 7) is 0. The van der Waals surface area contributed by atoms with Crippen LogP contribution in [0.4, 0.5) is 27.6 Å². The summed E-state index contributed by atoms with van der Waals surface area (Å²) in [6.07, 6.45) is 0. The monoisotopic (exact) mass is 433 g/mol. The summed E-state index contributed by atoms with van der Waals surface area (Å²) < 4.78 is 66.0. The van der Waals surface area contributed by atoms with Crippen molar-refractivity contribution in [1.82, 2.24) is 10.2 Å². The zero-order valence-corrected chi connectivity index (χ0v) is 12.7. The molecule has 0 saturated heterocycles. The minimum absolute atomic E-state index is 0.115. The van der Waals surface area contributed by atoms with Crippen LogP contribution < -0.4 is 5.32 Å². The van der Waals surface area contributed by atoms with E-state index in [0.717, 1.165) is 0 Å². The number of nitrogens with one attached hydrogen (secondary N) is 2. The number of anilines is 1. The number of rotatable bonds is 2. The van der Waals surface area contributed by atoms with E-state index in [2.05, 4.69) is 42.1 Å². The van der Waals surface area contributed by atoms with E-state index in [1.165, 1.54) is 0 Å². The van der Waals surface area contributed by atoms with Crippen molar-refractivity contribution >= 4 is 43.5 Å². The molecule has 0 aliphatic rings. The maximum Gasteiger partial charge on any atom is 0.277 e. The first-order valence-corrected chi connectivity index (χ1v) is 6.56. The average molecular weight is 435 g/mol. The molecule has 1 heterocycles. The van der Waals surface area contributed by atoms with Crippen molar-refractivity contribution in [3.63, 3.8) is 0 Å². The number of halogens is 7. The average Bonchev–Trinajstić information content (AvgIpc) is 2.79. The quantitative estimate of drug-likeness (QED) is 0.428. The molecule has 1 aromatic heterocycles. The van der Waals surface area contributed by atoms with Gasteiger partial charge in [0.15, 0.2) is 29.0 Å². The normalized spacial score (nSPS) is 10.8. The van der Waals surface area contributed by atoms with E-state index in [1.807, 2.05) is 0 Å². The van der Waals surface area contributed by atoms with Crippen LogP contribution in [0.2, 0.25) is 0 Å². The molecule has 0 fully saturated rings. The van der Waals surface area contributed by atoms with Crippen LogP contribution in [0.25, 0.3) is 0 Å². The molecule has 0 aliphatic carbocycles. The smallest absolute Gasteiger partial charge is 0.277 e. The van der Waals surface area contributed by atoms with Crippen molar-refractivity contribution in [3.05, 3.63) is 43.9 Å². The zero-order chi connectivity index (χ0) is 15.9. The fraction of sp³-hybridized carbons (Fsp3) is 0. The van der Waals surface area contributed by atoms with Gasteiger partial charge in [-0.05, 0) is 31.9 Å². The Balaban J connectivity index is 2.45. The molecule has 0 saturated carbocycles. The Labute approximate surface area is 130 Å². The largest absolute Gasteiger partial charge is 0.315 e. The van der Waals surface area contributed by atoms with Gasteiger partial charge in [0.05, 0.1) is 4.47 Å². The fourth-order valence-electron chi connectivity index (χ4n) is 1.34. The van der Waals surface area contributed by atoms with Crippen molar-refractivity contribution in [2.24, 2.45) is 0 Å². The summed E-state index contributed by atoms with van der Waals surface area (Å²) in [6, 6.07) is 0. The number of hydrogen-bond donors (Lipinski definition) is 2. The van der Waals surface area contributed by atoms with Crippen LogP contribution in [0.3, 0.4) is 0 Å². The number of H-pyrrole nitrogens is 1. The number of nitrogens with zero attached hydrogens (tertiary/aromatic N) is 1. The van der Waals surface area contributed by atoms with Gasteiger partial charge in [-0.15, -0.1) is 0 Å². The van der Waals surface area contributed by atoms with Crippen LogP contribution in [-0.4, -0.2) is 16.1 Å². The molecule has 21 heavy (non-hydrogen) atoms. The summed E-state index contributed by atoms with van der Waals surface area (Å²) >= 11 is 5.91. The van der Waals surface area contributed by atoms with E-state index in [1.54, 1.807) is 5.32 Å². The number of aromatic amines is 1. The van der Waals surface area contributed by atoms with Crippen molar-refractivity contribution < 1.29 is 26.7 Å². The molecule has 2 aromatic rings. The van der Waals surface area contributed by atoms with E-state index in [9.17, 15) is 26.7 Å². The fourth-order valence-corrected chi connectivity index (χ4v) is 1.98. The zero-order valence-electron chi connectivity index (χ0n) is 9.50. The molecule has 1 aromatic carbocycles. The third-order valence-corrected chi connectivity index (χ3v) is 4.21. The lowest BCUT2D eigenvalue weighted by molar-refractivity contribution is 0.102. The van der Waals surface area contributed by atoms with E-state index < -0.39 is 40.7 Å². The van der Waals surface area contributed by atoms with Gasteiger partial charge in [-0.2, -0.15) is 5.10 Å². The van der Waals surface area contributed by atoms with Crippen molar-refractivity contribution in [3.8, 4) is 0 Å². The second-order valence-electron chi connectivity index (χ2n) is 3.60. The first-order valence-electron chi connectivity index (χ1n) is 4.97. The maximum absolute atomic E-state index is 13.4. The summed E-state index contributed by atoms with van der Waals surface area (Å²) in [5.74, 6) is -12.1. The van der Waals surface area contributed by atoms with Gasteiger partial charge in [0.1, 0.15) is 10.3 Å². The number of carbonyl (C=O) groups is 1. The number of amides is 1. The molecule has 2 N–H and O–H groups in total. The summed E-state index contributed by atoms with van der Waals surface area (Å²) in [7, 11) is 0. The molecule has 0 atom stereocenters. The second kappa shape index (κ2) is 5.72. The SMILES string of the molecule is O=C(Nc1c(F)c(F)c(F)c(F)c1F)c1n[nH]c(Br)c1Br. The lowest BCUT2D eigenvalue weighted by atomic mass is 10.2. The molecule has 11 heteroatoms. The van der Waals surface area contributed by atoms with E-state index in [0.29, 0.717) is 0 Å². The highest BCUT2D eigenvalue weighted by atomic mass is 79.9. The molecule has 4 nitrogen and oxygen atoms in total. The lowest BCUT2D eigenvalue weighted by Gasteiger charge is -2.08. The highest BCUT2D eigenvalue weighted by Crippen LogP contribution is 2.29. The van der Waals surface area contributed by atoms with E-state index >= 15 is 0 Å². The van der Waals surface area contributed by atoms with Crippen LogP contribution in [0.5, 0.6) is 0 Å². The van der Waals surface area contributed by atoms with Crippen LogP contribution in [0.1, 0.15) is 10.5 Å². The Kier molecular flexibility index (Phi) is 4.33. The molecule has 1 amide bonds. The first kappa shape index (κ1) is 15.9. The Morgan fingerprint density at radius 2 is 1.43 bits per heavy atom. The van der Waals surface area contributed by atoms with Crippen LogP contribution >= 0.6 is 31.9 Å². The predicted octanol–water partition coefficient (Wildman–Crippen LogP) is 3.88. The molecule has 2 rings (SSSR count). The van der Waals surface area contributed by atoms with Crippen molar-refractivity contribution in [2.75, 3.05) is 5.32 Å². The third kappa shape index (κ3) is 2.67. The Bertz CT molecular complexity index is 720. The van der Waals surface area contributed by atoms with Gasteiger partial charge in [0.25, 0.3) is 5.91 Å².